The van der Waals surface area contributed by atoms with E-state index in [2.05, 4.69) is 23.5 Å². The fraction of sp³-hybridized carbons (Fsp3) is 0.524. The second-order valence-corrected chi connectivity index (χ2v) is 7.22. The quantitative estimate of drug-likeness (QED) is 0.829. The third kappa shape index (κ3) is 5.02. The molecule has 2 aliphatic rings. The third-order valence-corrected chi connectivity index (χ3v) is 5.44. The summed E-state index contributed by atoms with van der Waals surface area (Å²) >= 11 is 0. The number of amides is 2. The summed E-state index contributed by atoms with van der Waals surface area (Å²) in [6.07, 6.45) is 5.70. The zero-order valence-electron chi connectivity index (χ0n) is 15.8. The first kappa shape index (κ1) is 19.3. The van der Waals surface area contributed by atoms with Crippen molar-refractivity contribution in [3.63, 3.8) is 0 Å². The second kappa shape index (κ2) is 8.93. The van der Waals surface area contributed by atoms with E-state index in [1.54, 1.807) is 0 Å². The van der Waals surface area contributed by atoms with Gasteiger partial charge in [-0.15, -0.1) is 0 Å². The molecule has 0 atom stereocenters. The number of carboxylic acids is 1. The topological polar surface area (TPSA) is 78.9 Å². The minimum absolute atomic E-state index is 0.0456. The van der Waals surface area contributed by atoms with Crippen molar-refractivity contribution < 1.29 is 19.4 Å². The normalized spacial score (nSPS) is 22.7. The molecule has 1 aromatic carbocycles. The summed E-state index contributed by atoms with van der Waals surface area (Å²) in [5, 5.41) is 12.1. The molecule has 1 aliphatic heterocycles. The average molecular weight is 372 g/mol. The molecule has 1 aliphatic carbocycles. The maximum Gasteiger partial charge on any atom is 0.317 e. The summed E-state index contributed by atoms with van der Waals surface area (Å²) in [7, 11) is 0. The molecule has 0 bridgehead atoms. The maximum absolute atomic E-state index is 12.5. The van der Waals surface area contributed by atoms with Gasteiger partial charge in [-0.2, -0.15) is 0 Å². The molecule has 6 heteroatoms. The SMILES string of the molecule is CCOc1ccc(C2=CCN(C(=O)NC3CCC(C(=O)O)CC3)CC2)cc1. The molecule has 0 unspecified atom stereocenters. The van der Waals surface area contributed by atoms with Crippen molar-refractivity contribution in [2.24, 2.45) is 5.92 Å². The van der Waals surface area contributed by atoms with Crippen LogP contribution in [-0.4, -0.2) is 47.7 Å². The third-order valence-electron chi connectivity index (χ3n) is 5.44. The maximum atomic E-state index is 12.5. The van der Waals surface area contributed by atoms with E-state index in [9.17, 15) is 9.59 Å². The fourth-order valence-electron chi connectivity index (χ4n) is 3.80. The van der Waals surface area contributed by atoms with Gasteiger partial charge in [-0.3, -0.25) is 4.79 Å². The Morgan fingerprint density at radius 3 is 2.44 bits per heavy atom. The lowest BCUT2D eigenvalue weighted by atomic mass is 9.86. The van der Waals surface area contributed by atoms with Crippen LogP contribution in [0.2, 0.25) is 0 Å². The lowest BCUT2D eigenvalue weighted by Gasteiger charge is -2.31. The van der Waals surface area contributed by atoms with Crippen LogP contribution in [0.1, 0.15) is 44.6 Å². The number of rotatable bonds is 5. The van der Waals surface area contributed by atoms with Gasteiger partial charge in [0.2, 0.25) is 0 Å². The van der Waals surface area contributed by atoms with Gasteiger partial charge >= 0.3 is 12.0 Å². The number of carboxylic acid groups (broad SMARTS) is 1. The number of nitrogens with one attached hydrogen (secondary N) is 1. The van der Waals surface area contributed by atoms with Crippen LogP contribution in [0.3, 0.4) is 0 Å². The Kier molecular flexibility index (Phi) is 6.37. The molecule has 1 saturated carbocycles. The molecule has 1 fully saturated rings. The summed E-state index contributed by atoms with van der Waals surface area (Å²) in [6.45, 7) is 3.91. The lowest BCUT2D eigenvalue weighted by molar-refractivity contribution is -0.142. The number of nitrogens with zero attached hydrogens (tertiary/aromatic N) is 1. The number of benzene rings is 1. The van der Waals surface area contributed by atoms with Crippen molar-refractivity contribution in [1.29, 1.82) is 0 Å². The van der Waals surface area contributed by atoms with Gasteiger partial charge in [-0.1, -0.05) is 18.2 Å². The molecule has 1 aromatic rings. The fourth-order valence-corrected chi connectivity index (χ4v) is 3.80. The second-order valence-electron chi connectivity index (χ2n) is 7.22. The number of hydrogen-bond donors (Lipinski definition) is 2. The van der Waals surface area contributed by atoms with Crippen LogP contribution >= 0.6 is 0 Å². The highest BCUT2D eigenvalue weighted by atomic mass is 16.5. The largest absolute Gasteiger partial charge is 0.494 e. The summed E-state index contributed by atoms with van der Waals surface area (Å²) < 4.78 is 5.48. The molecule has 2 N–H and O–H groups in total. The van der Waals surface area contributed by atoms with Crippen molar-refractivity contribution in [2.45, 2.75) is 45.1 Å². The molecule has 27 heavy (non-hydrogen) atoms. The van der Waals surface area contributed by atoms with E-state index in [-0.39, 0.29) is 18.0 Å². The van der Waals surface area contributed by atoms with Gasteiger partial charge in [-0.25, -0.2) is 4.79 Å². The molecule has 1 heterocycles. The number of aliphatic carboxylic acids is 1. The highest BCUT2D eigenvalue weighted by molar-refractivity contribution is 5.77. The van der Waals surface area contributed by atoms with Crippen LogP contribution in [0.25, 0.3) is 5.57 Å². The van der Waals surface area contributed by atoms with Crippen LogP contribution < -0.4 is 10.1 Å². The Morgan fingerprint density at radius 1 is 1.19 bits per heavy atom. The van der Waals surface area contributed by atoms with Gasteiger partial charge in [0.25, 0.3) is 0 Å². The monoisotopic (exact) mass is 372 g/mol. The highest BCUT2D eigenvalue weighted by Gasteiger charge is 2.28. The predicted octanol–water partition coefficient (Wildman–Crippen LogP) is 3.53. The van der Waals surface area contributed by atoms with E-state index in [4.69, 9.17) is 9.84 Å². The molecule has 146 valence electrons. The Bertz CT molecular complexity index is 691. The lowest BCUT2D eigenvalue weighted by Crippen LogP contribution is -2.47. The van der Waals surface area contributed by atoms with E-state index in [1.165, 1.54) is 11.1 Å². The van der Waals surface area contributed by atoms with E-state index in [0.717, 1.165) is 25.0 Å². The van der Waals surface area contributed by atoms with Crippen molar-refractivity contribution in [3.8, 4) is 5.75 Å². The van der Waals surface area contributed by atoms with Gasteiger partial charge in [0.15, 0.2) is 0 Å². The van der Waals surface area contributed by atoms with Crippen LogP contribution in [0.4, 0.5) is 4.79 Å². The van der Waals surface area contributed by atoms with Gasteiger partial charge in [0.05, 0.1) is 12.5 Å². The summed E-state index contributed by atoms with van der Waals surface area (Å²) in [4.78, 5) is 25.3. The first-order chi connectivity index (χ1) is 13.1. The predicted molar refractivity (Wildman–Crippen MR) is 104 cm³/mol. The molecule has 3 rings (SSSR count). The summed E-state index contributed by atoms with van der Waals surface area (Å²) in [5.41, 5.74) is 2.43. The van der Waals surface area contributed by atoms with E-state index in [1.807, 2.05) is 24.0 Å². The molecule has 0 radical (unpaired) electrons. The molecular weight excluding hydrogens is 344 g/mol. The van der Waals surface area contributed by atoms with Crippen LogP contribution in [0.5, 0.6) is 5.75 Å². The van der Waals surface area contributed by atoms with E-state index in [0.29, 0.717) is 32.5 Å². The van der Waals surface area contributed by atoms with Crippen LogP contribution in [-0.2, 0) is 4.79 Å². The molecular formula is C21H28N2O4. The summed E-state index contributed by atoms with van der Waals surface area (Å²) in [6, 6.07) is 8.12. The average Bonchev–Trinajstić information content (AvgIpc) is 2.69. The first-order valence-corrected chi connectivity index (χ1v) is 9.77. The van der Waals surface area contributed by atoms with Crippen molar-refractivity contribution in [3.05, 3.63) is 35.9 Å². The first-order valence-electron chi connectivity index (χ1n) is 9.77. The zero-order chi connectivity index (χ0) is 19.2. The Labute approximate surface area is 160 Å². The van der Waals surface area contributed by atoms with E-state index >= 15 is 0 Å². The minimum Gasteiger partial charge on any atom is -0.494 e. The van der Waals surface area contributed by atoms with Gasteiger partial charge in [0.1, 0.15) is 5.75 Å². The van der Waals surface area contributed by atoms with Crippen molar-refractivity contribution in [2.75, 3.05) is 19.7 Å². The Hall–Kier alpha value is -2.50. The zero-order valence-corrected chi connectivity index (χ0v) is 15.8. The summed E-state index contributed by atoms with van der Waals surface area (Å²) in [5.74, 6) is -0.105. The molecule has 0 saturated heterocycles. The van der Waals surface area contributed by atoms with Crippen molar-refractivity contribution in [1.82, 2.24) is 10.2 Å². The Morgan fingerprint density at radius 2 is 1.89 bits per heavy atom. The smallest absolute Gasteiger partial charge is 0.317 e. The molecule has 6 nitrogen and oxygen atoms in total. The Balaban J connectivity index is 1.49. The van der Waals surface area contributed by atoms with Crippen LogP contribution in [0, 0.1) is 5.92 Å². The number of urea groups is 1. The van der Waals surface area contributed by atoms with Gasteiger partial charge in [0, 0.05) is 19.1 Å². The standard InChI is InChI=1S/C21H28N2O4/c1-2-27-19-9-5-15(6-10-19)16-11-13-23(14-12-16)21(26)22-18-7-3-17(4-8-18)20(24)25/h5-6,9-11,17-18H,2-4,7-8,12-14H2,1H3,(H,22,26)(H,24,25). The number of carbonyl (C=O) groups excluding carboxylic acids is 1. The van der Waals surface area contributed by atoms with Crippen molar-refractivity contribution >= 4 is 17.6 Å². The minimum atomic E-state index is -0.720. The molecule has 0 aromatic heterocycles. The van der Waals surface area contributed by atoms with Crippen LogP contribution in [0.15, 0.2) is 30.3 Å². The number of carbonyl (C=O) groups is 2. The van der Waals surface area contributed by atoms with Gasteiger partial charge in [-0.05, 0) is 62.3 Å². The highest BCUT2D eigenvalue weighted by Crippen LogP contribution is 2.26. The molecule has 0 spiro atoms. The molecule has 2 amide bonds. The van der Waals surface area contributed by atoms with Gasteiger partial charge < -0.3 is 20.1 Å². The number of hydrogen-bond acceptors (Lipinski definition) is 3. The van der Waals surface area contributed by atoms with E-state index < -0.39 is 5.97 Å². The number of ether oxygens (including phenoxy) is 1.